The van der Waals surface area contributed by atoms with Crippen LogP contribution in [0.4, 0.5) is 4.39 Å². The molecular formula is C19H17FN2O. The van der Waals surface area contributed by atoms with Crippen LogP contribution in [0.1, 0.15) is 36.1 Å². The maximum atomic E-state index is 13.3. The summed E-state index contributed by atoms with van der Waals surface area (Å²) in [7, 11) is 0. The Kier molecular flexibility index (Phi) is 3.26. The van der Waals surface area contributed by atoms with Crippen molar-refractivity contribution in [3.05, 3.63) is 71.0 Å². The van der Waals surface area contributed by atoms with E-state index in [0.29, 0.717) is 0 Å². The molecule has 3 nitrogen and oxygen atoms in total. The van der Waals surface area contributed by atoms with Crippen LogP contribution in [0.2, 0.25) is 0 Å². The Balaban J connectivity index is 1.80. The van der Waals surface area contributed by atoms with Crippen LogP contribution in [0.5, 0.6) is 0 Å². The van der Waals surface area contributed by atoms with Gasteiger partial charge in [0.25, 0.3) is 0 Å². The predicted octanol–water partition coefficient (Wildman–Crippen LogP) is 3.70. The van der Waals surface area contributed by atoms with Gasteiger partial charge in [0, 0.05) is 18.4 Å². The first-order valence-corrected chi connectivity index (χ1v) is 7.87. The van der Waals surface area contributed by atoms with Crippen LogP contribution in [0, 0.1) is 11.7 Å². The minimum Gasteiger partial charge on any atom is -0.273 e. The van der Waals surface area contributed by atoms with Gasteiger partial charge in [0.1, 0.15) is 5.82 Å². The highest BCUT2D eigenvalue weighted by Crippen LogP contribution is 2.43. The lowest BCUT2D eigenvalue weighted by atomic mass is 9.77. The first kappa shape index (κ1) is 14.1. The van der Waals surface area contributed by atoms with Crippen LogP contribution in [-0.4, -0.2) is 16.6 Å². The number of hydrazone groups is 1. The zero-order valence-electron chi connectivity index (χ0n) is 12.9. The third-order valence-corrected chi connectivity index (χ3v) is 4.76. The predicted molar refractivity (Wildman–Crippen MR) is 86.5 cm³/mol. The number of nitrogens with zero attached hydrogens (tertiary/aromatic N) is 2. The van der Waals surface area contributed by atoms with Crippen molar-refractivity contribution in [2.75, 3.05) is 0 Å². The van der Waals surface area contributed by atoms with Crippen molar-refractivity contribution in [2.24, 2.45) is 11.0 Å². The van der Waals surface area contributed by atoms with Gasteiger partial charge in [-0.2, -0.15) is 5.10 Å². The SMILES string of the molecule is CC(=O)N1N=C2c3ccccc3CC[C@H]2[C@H]1c1ccc(F)cc1. The number of carbonyl (C=O) groups is 1. The van der Waals surface area contributed by atoms with Gasteiger partial charge in [-0.05, 0) is 36.1 Å². The standard InChI is InChI=1S/C19H17FN2O/c1-12(23)22-19(14-6-9-15(20)10-7-14)17-11-8-13-4-2-3-5-16(13)18(17)21-22/h2-7,9-10,17,19H,8,11H2,1H3/t17-,19-/m1/s1. The number of hydrogen-bond acceptors (Lipinski definition) is 2. The molecule has 23 heavy (non-hydrogen) atoms. The summed E-state index contributed by atoms with van der Waals surface area (Å²) in [6.07, 6.45) is 1.92. The van der Waals surface area contributed by atoms with Crippen LogP contribution >= 0.6 is 0 Å². The van der Waals surface area contributed by atoms with Gasteiger partial charge in [-0.15, -0.1) is 0 Å². The van der Waals surface area contributed by atoms with E-state index in [1.165, 1.54) is 24.6 Å². The Bertz CT molecular complexity index is 797. The summed E-state index contributed by atoms with van der Waals surface area (Å²) in [6.45, 7) is 1.53. The highest BCUT2D eigenvalue weighted by molar-refractivity contribution is 6.06. The molecule has 2 atom stereocenters. The molecule has 4 heteroatoms. The average Bonchev–Trinajstić information content (AvgIpc) is 2.96. The zero-order chi connectivity index (χ0) is 16.0. The van der Waals surface area contributed by atoms with Crippen molar-refractivity contribution < 1.29 is 9.18 Å². The topological polar surface area (TPSA) is 32.7 Å². The lowest BCUT2D eigenvalue weighted by Gasteiger charge is -2.29. The molecule has 0 spiro atoms. The molecule has 2 aromatic carbocycles. The fourth-order valence-corrected chi connectivity index (χ4v) is 3.72. The third kappa shape index (κ3) is 2.25. The molecule has 0 unspecified atom stereocenters. The zero-order valence-corrected chi connectivity index (χ0v) is 12.9. The van der Waals surface area contributed by atoms with Gasteiger partial charge < -0.3 is 0 Å². The number of fused-ring (bicyclic) bond motifs is 3. The van der Waals surface area contributed by atoms with Crippen molar-refractivity contribution in [3.63, 3.8) is 0 Å². The molecule has 0 N–H and O–H groups in total. The summed E-state index contributed by atoms with van der Waals surface area (Å²) in [5.74, 6) is -0.186. The van der Waals surface area contributed by atoms with Gasteiger partial charge in [-0.1, -0.05) is 36.4 Å². The summed E-state index contributed by atoms with van der Waals surface area (Å²) < 4.78 is 13.3. The Morgan fingerprint density at radius 3 is 2.65 bits per heavy atom. The average molecular weight is 308 g/mol. The van der Waals surface area contributed by atoms with E-state index in [2.05, 4.69) is 17.2 Å². The van der Waals surface area contributed by atoms with E-state index in [1.807, 2.05) is 12.1 Å². The van der Waals surface area contributed by atoms with E-state index < -0.39 is 0 Å². The van der Waals surface area contributed by atoms with Crippen molar-refractivity contribution in [1.29, 1.82) is 0 Å². The van der Waals surface area contributed by atoms with E-state index in [-0.39, 0.29) is 23.7 Å². The van der Waals surface area contributed by atoms with Gasteiger partial charge >= 0.3 is 0 Å². The van der Waals surface area contributed by atoms with Crippen LogP contribution < -0.4 is 0 Å². The molecule has 4 rings (SSSR count). The third-order valence-electron chi connectivity index (χ3n) is 4.76. The van der Waals surface area contributed by atoms with E-state index in [4.69, 9.17) is 0 Å². The lowest BCUT2D eigenvalue weighted by molar-refractivity contribution is -0.131. The second-order valence-corrected chi connectivity index (χ2v) is 6.15. The summed E-state index contributed by atoms with van der Waals surface area (Å²) in [6, 6.07) is 14.5. The molecule has 0 aromatic heterocycles. The second-order valence-electron chi connectivity index (χ2n) is 6.15. The van der Waals surface area contributed by atoms with Gasteiger partial charge in [0.2, 0.25) is 5.91 Å². The number of benzene rings is 2. The first-order chi connectivity index (χ1) is 11.1. The van der Waals surface area contributed by atoms with Gasteiger partial charge in [0.05, 0.1) is 11.8 Å². The molecule has 2 aliphatic rings. The summed E-state index contributed by atoms with van der Waals surface area (Å²) in [5.41, 5.74) is 4.34. The summed E-state index contributed by atoms with van der Waals surface area (Å²) in [5, 5.41) is 6.20. The minimum absolute atomic E-state index is 0.0845. The molecular weight excluding hydrogens is 291 g/mol. The maximum Gasteiger partial charge on any atom is 0.240 e. The van der Waals surface area contributed by atoms with Crippen LogP contribution in [0.15, 0.2) is 53.6 Å². The van der Waals surface area contributed by atoms with Crippen molar-refractivity contribution in [3.8, 4) is 0 Å². The van der Waals surface area contributed by atoms with Crippen molar-refractivity contribution in [2.45, 2.75) is 25.8 Å². The highest BCUT2D eigenvalue weighted by Gasteiger charge is 2.42. The molecule has 0 bridgehead atoms. The molecule has 1 aliphatic heterocycles. The quantitative estimate of drug-likeness (QED) is 0.790. The Morgan fingerprint density at radius 1 is 1.17 bits per heavy atom. The van der Waals surface area contributed by atoms with E-state index >= 15 is 0 Å². The Hall–Kier alpha value is -2.49. The minimum atomic E-state index is -0.267. The van der Waals surface area contributed by atoms with Gasteiger partial charge in [0.15, 0.2) is 0 Å². The smallest absolute Gasteiger partial charge is 0.240 e. The molecule has 1 aliphatic carbocycles. The van der Waals surface area contributed by atoms with Crippen LogP contribution in [0.25, 0.3) is 0 Å². The number of hydrogen-bond donors (Lipinski definition) is 0. The Labute approximate surface area is 134 Å². The maximum absolute atomic E-state index is 13.3. The van der Waals surface area contributed by atoms with E-state index in [1.54, 1.807) is 17.1 Å². The highest BCUT2D eigenvalue weighted by atomic mass is 19.1. The molecule has 116 valence electrons. The lowest BCUT2D eigenvalue weighted by Crippen LogP contribution is -2.31. The fraction of sp³-hybridized carbons (Fsp3) is 0.263. The fourth-order valence-electron chi connectivity index (χ4n) is 3.72. The molecule has 0 saturated carbocycles. The van der Waals surface area contributed by atoms with E-state index in [9.17, 15) is 9.18 Å². The van der Waals surface area contributed by atoms with Gasteiger partial charge in [-0.25, -0.2) is 9.40 Å². The van der Waals surface area contributed by atoms with Crippen LogP contribution in [-0.2, 0) is 11.2 Å². The van der Waals surface area contributed by atoms with Crippen molar-refractivity contribution >= 4 is 11.6 Å². The summed E-state index contributed by atoms with van der Waals surface area (Å²) >= 11 is 0. The number of aryl methyl sites for hydroxylation is 1. The number of halogens is 1. The Morgan fingerprint density at radius 2 is 1.91 bits per heavy atom. The van der Waals surface area contributed by atoms with Crippen molar-refractivity contribution in [1.82, 2.24) is 5.01 Å². The molecule has 0 radical (unpaired) electrons. The first-order valence-electron chi connectivity index (χ1n) is 7.87. The normalized spacial score (nSPS) is 22.3. The summed E-state index contributed by atoms with van der Waals surface area (Å²) in [4.78, 5) is 12.1. The number of rotatable bonds is 1. The van der Waals surface area contributed by atoms with Gasteiger partial charge in [-0.3, -0.25) is 4.79 Å². The molecule has 0 fully saturated rings. The monoisotopic (exact) mass is 308 g/mol. The van der Waals surface area contributed by atoms with E-state index in [0.717, 1.165) is 29.7 Å². The molecule has 0 saturated heterocycles. The molecule has 1 amide bonds. The number of amides is 1. The van der Waals surface area contributed by atoms with Crippen LogP contribution in [0.3, 0.4) is 0 Å². The largest absolute Gasteiger partial charge is 0.273 e. The second kappa shape index (κ2) is 5.30. The molecule has 2 aromatic rings. The number of carbonyl (C=O) groups excluding carboxylic acids is 1. The molecule has 1 heterocycles.